The molecule has 3 nitrogen and oxygen atoms in total. The highest BCUT2D eigenvalue weighted by Crippen LogP contribution is 2.41. The summed E-state index contributed by atoms with van der Waals surface area (Å²) in [5.41, 5.74) is 2.50. The number of carboxylic acid groups (broad SMARTS) is 1. The zero-order valence-corrected chi connectivity index (χ0v) is 13.4. The number of carbonyl (C=O) groups is 1. The van der Waals surface area contributed by atoms with Crippen LogP contribution in [0.15, 0.2) is 24.3 Å². The van der Waals surface area contributed by atoms with Crippen LogP contribution < -0.4 is 4.90 Å². The van der Waals surface area contributed by atoms with E-state index in [1.807, 2.05) is 21.0 Å². The molecule has 3 unspecified atom stereocenters. The molecule has 0 aromatic heterocycles. The Morgan fingerprint density at radius 1 is 1.14 bits per heavy atom. The van der Waals surface area contributed by atoms with E-state index >= 15 is 0 Å². The third-order valence-electron chi connectivity index (χ3n) is 4.94. The van der Waals surface area contributed by atoms with E-state index in [1.54, 1.807) is 0 Å². The van der Waals surface area contributed by atoms with Crippen LogP contribution in [0, 0.1) is 11.8 Å². The first kappa shape index (κ1) is 15.9. The molecule has 1 aromatic rings. The Kier molecular flexibility index (Phi) is 5.27. The maximum absolute atomic E-state index is 11.4. The van der Waals surface area contributed by atoms with Gasteiger partial charge in [0.2, 0.25) is 0 Å². The van der Waals surface area contributed by atoms with Crippen LogP contribution in [-0.4, -0.2) is 25.2 Å². The van der Waals surface area contributed by atoms with Gasteiger partial charge >= 0.3 is 5.97 Å². The number of hydrogen-bond donors (Lipinski definition) is 1. The molecule has 21 heavy (non-hydrogen) atoms. The fourth-order valence-electron chi connectivity index (χ4n) is 3.55. The molecule has 1 N–H and O–H groups in total. The molecule has 3 heteroatoms. The van der Waals surface area contributed by atoms with Crippen LogP contribution in [0.5, 0.6) is 0 Å². The topological polar surface area (TPSA) is 40.5 Å². The van der Waals surface area contributed by atoms with E-state index in [4.69, 9.17) is 0 Å². The summed E-state index contributed by atoms with van der Waals surface area (Å²) in [6.45, 7) is 1.87. The van der Waals surface area contributed by atoms with Gasteiger partial charge in [0.25, 0.3) is 0 Å². The highest BCUT2D eigenvalue weighted by Gasteiger charge is 2.32. The number of benzene rings is 1. The standard InChI is InChI=1S/C18H27NO2/c1-13(18(20)21)16-7-5-4-6-8-17(16)14-9-11-15(12-10-14)19(2)3/h9-13,16-17H,4-8H2,1-3H3,(H,20,21). The first-order valence-electron chi connectivity index (χ1n) is 8.00. The Labute approximate surface area is 128 Å². The monoisotopic (exact) mass is 289 g/mol. The SMILES string of the molecule is CC(C(=O)O)C1CCCCCC1c1ccc(N(C)C)cc1. The Balaban J connectivity index is 2.25. The molecule has 0 spiro atoms. The number of rotatable bonds is 4. The summed E-state index contributed by atoms with van der Waals surface area (Å²) in [6, 6.07) is 8.66. The van der Waals surface area contributed by atoms with E-state index in [2.05, 4.69) is 29.2 Å². The summed E-state index contributed by atoms with van der Waals surface area (Å²) < 4.78 is 0. The van der Waals surface area contributed by atoms with E-state index in [0.29, 0.717) is 5.92 Å². The van der Waals surface area contributed by atoms with Crippen LogP contribution in [0.4, 0.5) is 5.69 Å². The highest BCUT2D eigenvalue weighted by atomic mass is 16.4. The van der Waals surface area contributed by atoms with Crippen molar-refractivity contribution < 1.29 is 9.90 Å². The molecule has 1 aliphatic rings. The lowest BCUT2D eigenvalue weighted by Crippen LogP contribution is -2.25. The van der Waals surface area contributed by atoms with Crippen molar-refractivity contribution in [3.8, 4) is 0 Å². The summed E-state index contributed by atoms with van der Waals surface area (Å²) in [5, 5.41) is 9.40. The van der Waals surface area contributed by atoms with Gasteiger partial charge in [-0.3, -0.25) is 4.79 Å². The molecule has 0 amide bonds. The lowest BCUT2D eigenvalue weighted by molar-refractivity contribution is -0.143. The summed E-state index contributed by atoms with van der Waals surface area (Å²) in [7, 11) is 4.08. The minimum atomic E-state index is -0.656. The average molecular weight is 289 g/mol. The second-order valence-electron chi connectivity index (χ2n) is 6.52. The maximum atomic E-state index is 11.4. The molecule has 0 saturated heterocycles. The fraction of sp³-hybridized carbons (Fsp3) is 0.611. The highest BCUT2D eigenvalue weighted by molar-refractivity contribution is 5.70. The van der Waals surface area contributed by atoms with Crippen LogP contribution >= 0.6 is 0 Å². The largest absolute Gasteiger partial charge is 0.481 e. The molecular weight excluding hydrogens is 262 g/mol. The van der Waals surface area contributed by atoms with Gasteiger partial charge in [0.15, 0.2) is 0 Å². The van der Waals surface area contributed by atoms with Crippen LogP contribution in [0.25, 0.3) is 0 Å². The maximum Gasteiger partial charge on any atom is 0.306 e. The number of nitrogens with zero attached hydrogens (tertiary/aromatic N) is 1. The van der Waals surface area contributed by atoms with Crippen LogP contribution in [0.3, 0.4) is 0 Å². The van der Waals surface area contributed by atoms with Crippen LogP contribution in [-0.2, 0) is 4.79 Å². The molecule has 3 atom stereocenters. The van der Waals surface area contributed by atoms with Gasteiger partial charge in [0, 0.05) is 19.8 Å². The number of carboxylic acids is 1. The molecular formula is C18H27NO2. The van der Waals surface area contributed by atoms with Gasteiger partial charge in [-0.2, -0.15) is 0 Å². The van der Waals surface area contributed by atoms with Crippen molar-refractivity contribution in [2.75, 3.05) is 19.0 Å². The van der Waals surface area contributed by atoms with Crippen molar-refractivity contribution in [3.63, 3.8) is 0 Å². The molecule has 1 saturated carbocycles. The predicted molar refractivity (Wildman–Crippen MR) is 86.9 cm³/mol. The van der Waals surface area contributed by atoms with E-state index in [-0.39, 0.29) is 11.8 Å². The summed E-state index contributed by atoms with van der Waals surface area (Å²) in [5.74, 6) is -0.275. The van der Waals surface area contributed by atoms with Crippen LogP contribution in [0.2, 0.25) is 0 Å². The quantitative estimate of drug-likeness (QED) is 0.847. The fourth-order valence-corrected chi connectivity index (χ4v) is 3.55. The van der Waals surface area contributed by atoms with E-state index in [0.717, 1.165) is 19.3 Å². The van der Waals surface area contributed by atoms with Gasteiger partial charge < -0.3 is 10.0 Å². The first-order valence-corrected chi connectivity index (χ1v) is 8.00. The van der Waals surface area contributed by atoms with E-state index in [9.17, 15) is 9.90 Å². The lowest BCUT2D eigenvalue weighted by Gasteiger charge is -2.29. The summed E-state index contributed by atoms with van der Waals surface area (Å²) in [6.07, 6.45) is 5.75. The van der Waals surface area contributed by atoms with E-state index in [1.165, 1.54) is 24.1 Å². The van der Waals surface area contributed by atoms with Gasteiger partial charge in [-0.1, -0.05) is 38.3 Å². The molecule has 0 radical (unpaired) electrons. The number of hydrogen-bond acceptors (Lipinski definition) is 2. The average Bonchev–Trinajstić information content (AvgIpc) is 2.72. The smallest absolute Gasteiger partial charge is 0.306 e. The molecule has 1 fully saturated rings. The second kappa shape index (κ2) is 6.97. The van der Waals surface area contributed by atoms with Gasteiger partial charge in [-0.05, 0) is 42.4 Å². The zero-order chi connectivity index (χ0) is 15.4. The summed E-state index contributed by atoms with van der Waals surface area (Å²) >= 11 is 0. The Hall–Kier alpha value is -1.51. The molecule has 116 valence electrons. The molecule has 1 aliphatic carbocycles. The minimum absolute atomic E-state index is 0.259. The molecule has 0 bridgehead atoms. The van der Waals surface area contributed by atoms with Crippen molar-refractivity contribution >= 4 is 11.7 Å². The number of aliphatic carboxylic acids is 1. The van der Waals surface area contributed by atoms with Gasteiger partial charge in [0.1, 0.15) is 0 Å². The van der Waals surface area contributed by atoms with Gasteiger partial charge in [-0.25, -0.2) is 0 Å². The van der Waals surface area contributed by atoms with Gasteiger partial charge in [-0.15, -0.1) is 0 Å². The lowest BCUT2D eigenvalue weighted by atomic mass is 9.75. The second-order valence-corrected chi connectivity index (χ2v) is 6.52. The number of anilines is 1. The minimum Gasteiger partial charge on any atom is -0.481 e. The van der Waals surface area contributed by atoms with Crippen molar-refractivity contribution in [2.24, 2.45) is 11.8 Å². The van der Waals surface area contributed by atoms with Crippen molar-refractivity contribution in [1.29, 1.82) is 0 Å². The molecule has 2 rings (SSSR count). The van der Waals surface area contributed by atoms with Crippen molar-refractivity contribution in [3.05, 3.63) is 29.8 Å². The third-order valence-corrected chi connectivity index (χ3v) is 4.94. The van der Waals surface area contributed by atoms with Crippen molar-refractivity contribution in [1.82, 2.24) is 0 Å². The molecule has 1 aromatic carbocycles. The first-order chi connectivity index (χ1) is 10.0. The van der Waals surface area contributed by atoms with Crippen LogP contribution in [0.1, 0.15) is 50.5 Å². The Morgan fingerprint density at radius 2 is 1.76 bits per heavy atom. The van der Waals surface area contributed by atoms with E-state index < -0.39 is 5.97 Å². The van der Waals surface area contributed by atoms with Crippen molar-refractivity contribution in [2.45, 2.75) is 44.9 Å². The molecule has 0 heterocycles. The normalized spacial score (nSPS) is 24.1. The summed E-state index contributed by atoms with van der Waals surface area (Å²) in [4.78, 5) is 13.5. The third kappa shape index (κ3) is 3.78. The Morgan fingerprint density at radius 3 is 2.33 bits per heavy atom. The Bertz CT molecular complexity index is 467. The zero-order valence-electron chi connectivity index (χ0n) is 13.4. The molecule has 0 aliphatic heterocycles. The van der Waals surface area contributed by atoms with Gasteiger partial charge in [0.05, 0.1) is 5.92 Å². The predicted octanol–water partition coefficient (Wildman–Crippen LogP) is 4.14.